The number of hydrogen-bond donors (Lipinski definition) is 2. The lowest BCUT2D eigenvalue weighted by atomic mass is 10.1. The smallest absolute Gasteiger partial charge is 0.258 e. The summed E-state index contributed by atoms with van der Waals surface area (Å²) in [7, 11) is 0. The first-order chi connectivity index (χ1) is 12.3. The molecule has 26 heavy (non-hydrogen) atoms. The highest BCUT2D eigenvalue weighted by Crippen LogP contribution is 2.24. The zero-order chi connectivity index (χ0) is 19.2. The number of benzene rings is 1. The van der Waals surface area contributed by atoms with Gasteiger partial charge in [0, 0.05) is 29.2 Å². The first-order valence-electron chi connectivity index (χ1n) is 8.51. The van der Waals surface area contributed by atoms with Crippen LogP contribution in [0.4, 0.5) is 5.95 Å². The van der Waals surface area contributed by atoms with Gasteiger partial charge in [0.25, 0.3) is 5.91 Å². The fourth-order valence-corrected chi connectivity index (χ4v) is 2.49. The molecule has 0 aliphatic heterocycles. The second kappa shape index (κ2) is 8.84. The monoisotopic (exact) mass is 380 g/mol. The number of amides is 1. The Balaban J connectivity index is 2.02. The van der Waals surface area contributed by atoms with Gasteiger partial charge in [0.15, 0.2) is 6.61 Å². The number of aryl methyl sites for hydroxylation is 1. The van der Waals surface area contributed by atoms with Gasteiger partial charge >= 0.3 is 0 Å². The van der Waals surface area contributed by atoms with Gasteiger partial charge in [-0.2, -0.15) is 0 Å². The third kappa shape index (κ3) is 6.18. The fourth-order valence-electron chi connectivity index (χ4n) is 2.29. The first kappa shape index (κ1) is 20.0. The van der Waals surface area contributed by atoms with Crippen LogP contribution in [-0.4, -0.2) is 38.3 Å². The van der Waals surface area contributed by atoms with E-state index < -0.39 is 0 Å². The summed E-state index contributed by atoms with van der Waals surface area (Å²) in [6, 6.07) is 5.27. The van der Waals surface area contributed by atoms with E-state index in [9.17, 15) is 4.79 Å². The number of aromatic nitrogens is 4. The number of rotatable bonds is 8. The topological polar surface area (TPSA) is 94.0 Å². The molecule has 0 bridgehead atoms. The van der Waals surface area contributed by atoms with E-state index in [2.05, 4.69) is 33.1 Å². The average molecular weight is 381 g/mol. The van der Waals surface area contributed by atoms with Gasteiger partial charge in [-0.3, -0.25) is 4.79 Å². The molecule has 2 rings (SSSR count). The predicted octanol–water partition coefficient (Wildman–Crippen LogP) is 2.64. The molecule has 2 N–H and O–H groups in total. The molecule has 1 aromatic carbocycles. The Morgan fingerprint density at radius 2 is 2.12 bits per heavy atom. The van der Waals surface area contributed by atoms with Crippen LogP contribution in [0.1, 0.15) is 39.7 Å². The van der Waals surface area contributed by atoms with Crippen LogP contribution >= 0.6 is 11.6 Å². The van der Waals surface area contributed by atoms with E-state index in [1.807, 2.05) is 20.8 Å². The van der Waals surface area contributed by atoms with Gasteiger partial charge in [0.2, 0.25) is 5.95 Å². The Morgan fingerprint density at radius 3 is 2.81 bits per heavy atom. The minimum atomic E-state index is -0.304. The molecular formula is C17H25ClN6O2. The minimum absolute atomic E-state index is 0.0700. The molecule has 8 nitrogen and oxygen atoms in total. The highest BCUT2D eigenvalue weighted by atomic mass is 35.5. The van der Waals surface area contributed by atoms with Gasteiger partial charge in [0.05, 0.1) is 0 Å². The van der Waals surface area contributed by atoms with Gasteiger partial charge in [-0.05, 0) is 55.8 Å². The van der Waals surface area contributed by atoms with Crippen molar-refractivity contribution >= 4 is 23.5 Å². The van der Waals surface area contributed by atoms with Crippen LogP contribution in [0.25, 0.3) is 0 Å². The summed E-state index contributed by atoms with van der Waals surface area (Å²) in [5, 5.41) is 18.2. The highest BCUT2D eigenvalue weighted by molar-refractivity contribution is 6.30. The molecule has 142 valence electrons. The maximum Gasteiger partial charge on any atom is 0.258 e. The summed E-state index contributed by atoms with van der Waals surface area (Å²) in [4.78, 5) is 12.0. The number of nitrogens with one attached hydrogen (secondary N) is 2. The lowest BCUT2D eigenvalue weighted by Crippen LogP contribution is -2.43. The summed E-state index contributed by atoms with van der Waals surface area (Å²) in [6.45, 7) is 8.88. The Bertz CT molecular complexity index is 741. The van der Waals surface area contributed by atoms with E-state index in [4.69, 9.17) is 16.3 Å². The quantitative estimate of drug-likeness (QED) is 0.731. The fraction of sp³-hybridized carbons (Fsp3) is 0.529. The second-order valence-corrected chi connectivity index (χ2v) is 7.35. The molecule has 0 aliphatic rings. The molecule has 1 aromatic heterocycles. The third-order valence-electron chi connectivity index (χ3n) is 3.30. The average Bonchev–Trinajstić information content (AvgIpc) is 2.98. The molecule has 0 saturated heterocycles. The largest absolute Gasteiger partial charge is 0.483 e. The van der Waals surface area contributed by atoms with Crippen LogP contribution in [-0.2, 0) is 17.9 Å². The van der Waals surface area contributed by atoms with Crippen molar-refractivity contribution in [1.82, 2.24) is 25.5 Å². The summed E-state index contributed by atoms with van der Waals surface area (Å²) in [6.07, 6.45) is 0.925. The molecule has 1 heterocycles. The lowest BCUT2D eigenvalue weighted by molar-refractivity contribution is -0.124. The van der Waals surface area contributed by atoms with Crippen molar-refractivity contribution in [3.63, 3.8) is 0 Å². The Kier molecular flexibility index (Phi) is 6.79. The first-order valence-corrected chi connectivity index (χ1v) is 8.88. The Labute approximate surface area is 158 Å². The molecule has 0 fully saturated rings. The molecule has 0 radical (unpaired) electrons. The summed E-state index contributed by atoms with van der Waals surface area (Å²) in [5.41, 5.74) is 0.508. The van der Waals surface area contributed by atoms with E-state index >= 15 is 0 Å². The zero-order valence-corrected chi connectivity index (χ0v) is 16.3. The Hall–Kier alpha value is -2.35. The van der Waals surface area contributed by atoms with Crippen LogP contribution in [0.2, 0.25) is 5.02 Å². The molecular weight excluding hydrogens is 356 g/mol. The number of hydrogen-bond acceptors (Lipinski definition) is 6. The van der Waals surface area contributed by atoms with Gasteiger partial charge in [-0.25, -0.2) is 4.68 Å². The van der Waals surface area contributed by atoms with Crippen molar-refractivity contribution in [1.29, 1.82) is 0 Å². The van der Waals surface area contributed by atoms with Crippen molar-refractivity contribution in [2.24, 2.45) is 0 Å². The number of halogens is 1. The summed E-state index contributed by atoms with van der Waals surface area (Å²) < 4.78 is 7.37. The van der Waals surface area contributed by atoms with E-state index in [1.165, 1.54) is 0 Å². The number of carbonyl (C=O) groups excluding carboxylic acids is 1. The standard InChI is InChI=1S/C17H25ClN6O2/c1-5-8-24-16(21-22-23-24)19-10-12-9-13(18)6-7-14(12)26-11-15(25)20-17(2,3)4/h6-7,9H,5,8,10-11H2,1-4H3,(H,20,25)(H,19,21,23). The van der Waals surface area contributed by atoms with Gasteiger partial charge in [0.1, 0.15) is 5.75 Å². The maximum atomic E-state index is 12.0. The van der Waals surface area contributed by atoms with Gasteiger partial charge in [-0.15, -0.1) is 0 Å². The van der Waals surface area contributed by atoms with Gasteiger partial charge < -0.3 is 15.4 Å². The highest BCUT2D eigenvalue weighted by Gasteiger charge is 2.15. The number of nitrogens with zero attached hydrogens (tertiary/aromatic N) is 4. The van der Waals surface area contributed by atoms with Crippen molar-refractivity contribution in [2.45, 2.75) is 52.7 Å². The number of anilines is 1. The van der Waals surface area contributed by atoms with Crippen molar-refractivity contribution < 1.29 is 9.53 Å². The van der Waals surface area contributed by atoms with E-state index in [1.54, 1.807) is 22.9 Å². The second-order valence-electron chi connectivity index (χ2n) is 6.92. The molecule has 9 heteroatoms. The number of carbonyl (C=O) groups is 1. The van der Waals surface area contributed by atoms with Crippen LogP contribution in [0.15, 0.2) is 18.2 Å². The van der Waals surface area contributed by atoms with Gasteiger partial charge in [-0.1, -0.05) is 23.6 Å². The molecule has 0 spiro atoms. The minimum Gasteiger partial charge on any atom is -0.483 e. The predicted molar refractivity (Wildman–Crippen MR) is 100 cm³/mol. The Morgan fingerprint density at radius 1 is 1.35 bits per heavy atom. The van der Waals surface area contributed by atoms with E-state index in [0.29, 0.717) is 23.3 Å². The zero-order valence-electron chi connectivity index (χ0n) is 15.5. The summed E-state index contributed by atoms with van der Waals surface area (Å²) >= 11 is 6.10. The molecule has 2 aromatic rings. The molecule has 0 atom stereocenters. The molecule has 0 unspecified atom stereocenters. The normalized spacial score (nSPS) is 11.3. The van der Waals surface area contributed by atoms with Crippen LogP contribution in [0.3, 0.4) is 0 Å². The van der Waals surface area contributed by atoms with Crippen LogP contribution < -0.4 is 15.4 Å². The van der Waals surface area contributed by atoms with Crippen LogP contribution in [0.5, 0.6) is 5.75 Å². The third-order valence-corrected chi connectivity index (χ3v) is 3.54. The number of ether oxygens (including phenoxy) is 1. The maximum absolute atomic E-state index is 12.0. The molecule has 1 amide bonds. The molecule has 0 aliphatic carbocycles. The van der Waals surface area contributed by atoms with Crippen molar-refractivity contribution in [3.05, 3.63) is 28.8 Å². The van der Waals surface area contributed by atoms with Crippen molar-refractivity contribution in [3.8, 4) is 5.75 Å². The lowest BCUT2D eigenvalue weighted by Gasteiger charge is -2.21. The number of tetrazole rings is 1. The van der Waals surface area contributed by atoms with Crippen molar-refractivity contribution in [2.75, 3.05) is 11.9 Å². The summed E-state index contributed by atoms with van der Waals surface area (Å²) in [5.74, 6) is 0.974. The van der Waals surface area contributed by atoms with Crippen LogP contribution in [0, 0.1) is 0 Å². The van der Waals surface area contributed by atoms with E-state index in [-0.39, 0.29) is 18.1 Å². The molecule has 0 saturated carbocycles. The van der Waals surface area contributed by atoms with E-state index in [0.717, 1.165) is 18.5 Å². The SMILES string of the molecule is CCCn1nnnc1NCc1cc(Cl)ccc1OCC(=O)NC(C)(C)C.